The number of nitrogens with two attached hydrogens (primary N) is 1. The molecule has 16 heavy (non-hydrogen) atoms. The number of ether oxygens (including phenoxy) is 1. The number of carbonyl (C=O) groups is 2. The van der Waals surface area contributed by atoms with Crippen molar-refractivity contribution >= 4 is 11.8 Å². The van der Waals surface area contributed by atoms with Gasteiger partial charge in [0, 0.05) is 12.5 Å². The molecule has 90 valence electrons. The minimum absolute atomic E-state index is 0.0194. The molecule has 2 aliphatic rings. The average Bonchev–Trinajstić information content (AvgIpc) is 2.66. The maximum Gasteiger partial charge on any atom is 0.318 e. The molecule has 0 heterocycles. The molecule has 0 aromatic heterocycles. The maximum atomic E-state index is 11.9. The van der Waals surface area contributed by atoms with Crippen molar-refractivity contribution in [2.75, 3.05) is 6.61 Å². The molecule has 0 bridgehead atoms. The van der Waals surface area contributed by atoms with E-state index in [2.05, 4.69) is 0 Å². The van der Waals surface area contributed by atoms with Crippen LogP contribution in [0.1, 0.15) is 32.6 Å². The zero-order chi connectivity index (χ0) is 11.7. The van der Waals surface area contributed by atoms with Gasteiger partial charge in [-0.3, -0.25) is 9.59 Å². The largest absolute Gasteiger partial charge is 0.465 e. The second-order valence-corrected chi connectivity index (χ2v) is 4.83. The Kier molecular flexibility index (Phi) is 3.28. The Morgan fingerprint density at radius 3 is 2.94 bits per heavy atom. The van der Waals surface area contributed by atoms with Crippen LogP contribution in [-0.4, -0.2) is 24.4 Å². The highest BCUT2D eigenvalue weighted by Gasteiger charge is 2.47. The van der Waals surface area contributed by atoms with E-state index in [0.717, 1.165) is 19.3 Å². The summed E-state index contributed by atoms with van der Waals surface area (Å²) in [6.07, 6.45) is 3.78. The van der Waals surface area contributed by atoms with Gasteiger partial charge in [0.05, 0.1) is 6.61 Å². The van der Waals surface area contributed by atoms with Gasteiger partial charge in [-0.05, 0) is 31.6 Å². The average molecular weight is 225 g/mol. The van der Waals surface area contributed by atoms with E-state index in [9.17, 15) is 9.59 Å². The summed E-state index contributed by atoms with van der Waals surface area (Å²) >= 11 is 0. The van der Waals surface area contributed by atoms with Crippen molar-refractivity contribution in [3.05, 3.63) is 0 Å². The van der Waals surface area contributed by atoms with Gasteiger partial charge in [0.2, 0.25) is 0 Å². The fourth-order valence-corrected chi connectivity index (χ4v) is 3.19. The van der Waals surface area contributed by atoms with Gasteiger partial charge in [0.25, 0.3) is 0 Å². The molecule has 0 saturated heterocycles. The number of Topliss-reactive ketones (excluding diaryl/α,β-unsaturated/α-hetero) is 1. The topological polar surface area (TPSA) is 69.4 Å². The second kappa shape index (κ2) is 4.53. The fourth-order valence-electron chi connectivity index (χ4n) is 3.19. The number of rotatable bonds is 2. The zero-order valence-electron chi connectivity index (χ0n) is 9.65. The van der Waals surface area contributed by atoms with E-state index in [1.54, 1.807) is 6.92 Å². The molecule has 4 atom stereocenters. The highest BCUT2D eigenvalue weighted by molar-refractivity contribution is 6.00. The van der Waals surface area contributed by atoms with Crippen molar-refractivity contribution in [3.8, 4) is 0 Å². The summed E-state index contributed by atoms with van der Waals surface area (Å²) in [5.74, 6) is -0.404. The molecule has 0 aromatic rings. The molecular formula is C12H19NO3. The van der Waals surface area contributed by atoms with Crippen molar-refractivity contribution < 1.29 is 14.3 Å². The van der Waals surface area contributed by atoms with Crippen molar-refractivity contribution in [3.63, 3.8) is 0 Å². The van der Waals surface area contributed by atoms with Crippen molar-refractivity contribution in [2.45, 2.75) is 38.6 Å². The zero-order valence-corrected chi connectivity index (χ0v) is 9.65. The molecule has 2 fully saturated rings. The first-order chi connectivity index (χ1) is 7.65. The second-order valence-electron chi connectivity index (χ2n) is 4.83. The van der Waals surface area contributed by atoms with Crippen LogP contribution in [0.2, 0.25) is 0 Å². The Morgan fingerprint density at radius 1 is 1.50 bits per heavy atom. The Labute approximate surface area is 95.5 Å². The van der Waals surface area contributed by atoms with Gasteiger partial charge in [0.15, 0.2) is 0 Å². The first kappa shape index (κ1) is 11.6. The summed E-state index contributed by atoms with van der Waals surface area (Å²) in [7, 11) is 0. The van der Waals surface area contributed by atoms with E-state index in [1.165, 1.54) is 0 Å². The molecule has 2 N–H and O–H groups in total. The molecule has 4 nitrogen and oxygen atoms in total. The number of fused-ring (bicyclic) bond motifs is 1. The third-order valence-electron chi connectivity index (χ3n) is 3.95. The van der Waals surface area contributed by atoms with Crippen LogP contribution in [0.4, 0.5) is 0 Å². The van der Waals surface area contributed by atoms with Gasteiger partial charge in [-0.15, -0.1) is 0 Å². The lowest BCUT2D eigenvalue weighted by Crippen LogP contribution is -2.51. The molecule has 2 saturated carbocycles. The number of ketones is 1. The van der Waals surface area contributed by atoms with Crippen LogP contribution in [0.15, 0.2) is 0 Å². The smallest absolute Gasteiger partial charge is 0.318 e. The quantitative estimate of drug-likeness (QED) is 0.559. The van der Waals surface area contributed by atoms with Gasteiger partial charge < -0.3 is 10.5 Å². The summed E-state index contributed by atoms with van der Waals surface area (Å²) in [4.78, 5) is 23.6. The Hall–Kier alpha value is -0.900. The van der Waals surface area contributed by atoms with E-state index >= 15 is 0 Å². The molecule has 0 spiro atoms. The van der Waals surface area contributed by atoms with Crippen LogP contribution in [0.3, 0.4) is 0 Å². The molecule has 4 heteroatoms. The van der Waals surface area contributed by atoms with E-state index in [1.807, 2.05) is 0 Å². The lowest BCUT2D eigenvalue weighted by Gasteiger charge is -2.35. The van der Waals surface area contributed by atoms with Crippen molar-refractivity contribution in [1.82, 2.24) is 0 Å². The molecule has 2 rings (SSSR count). The van der Waals surface area contributed by atoms with Gasteiger partial charge in [-0.25, -0.2) is 0 Å². The standard InChI is InChI=1S/C12H19NO3/c1-2-16-12(15)10-9(14)6-7-4-3-5-8(7)11(10)13/h7-8,10-11H,2-6,13H2,1H3. The number of hydrogen-bond acceptors (Lipinski definition) is 4. The molecule has 2 aliphatic carbocycles. The van der Waals surface area contributed by atoms with Crippen LogP contribution in [0.25, 0.3) is 0 Å². The predicted octanol–water partition coefficient (Wildman–Crippen LogP) is 0.882. The highest BCUT2D eigenvalue weighted by Crippen LogP contribution is 2.42. The molecular weight excluding hydrogens is 206 g/mol. The van der Waals surface area contributed by atoms with Crippen LogP contribution in [0, 0.1) is 17.8 Å². The molecule has 0 amide bonds. The first-order valence-corrected chi connectivity index (χ1v) is 6.10. The lowest BCUT2D eigenvalue weighted by atomic mass is 9.71. The number of carbonyl (C=O) groups excluding carboxylic acids is 2. The summed E-state index contributed by atoms with van der Waals surface area (Å²) in [6.45, 7) is 2.05. The molecule has 0 radical (unpaired) electrons. The van der Waals surface area contributed by atoms with Gasteiger partial charge >= 0.3 is 5.97 Å². The highest BCUT2D eigenvalue weighted by atomic mass is 16.5. The third-order valence-corrected chi connectivity index (χ3v) is 3.95. The Bertz CT molecular complexity index is 303. The lowest BCUT2D eigenvalue weighted by molar-refractivity contribution is -0.155. The van der Waals surface area contributed by atoms with Crippen LogP contribution >= 0.6 is 0 Å². The first-order valence-electron chi connectivity index (χ1n) is 6.10. The normalized spacial score (nSPS) is 38.2. The number of hydrogen-bond donors (Lipinski definition) is 1. The minimum Gasteiger partial charge on any atom is -0.465 e. The fraction of sp³-hybridized carbons (Fsp3) is 0.833. The molecule has 0 aromatic carbocycles. The van der Waals surface area contributed by atoms with Crippen LogP contribution < -0.4 is 5.73 Å². The van der Waals surface area contributed by atoms with Gasteiger partial charge in [0.1, 0.15) is 11.7 Å². The van der Waals surface area contributed by atoms with Gasteiger partial charge in [-0.1, -0.05) is 6.42 Å². The SMILES string of the molecule is CCOC(=O)C1C(=O)CC2CCCC2C1N. The van der Waals surface area contributed by atoms with Gasteiger partial charge in [-0.2, -0.15) is 0 Å². The molecule has 4 unspecified atom stereocenters. The van der Waals surface area contributed by atoms with Crippen LogP contribution in [0.5, 0.6) is 0 Å². The molecule has 0 aliphatic heterocycles. The monoisotopic (exact) mass is 225 g/mol. The van der Waals surface area contributed by atoms with E-state index in [4.69, 9.17) is 10.5 Å². The van der Waals surface area contributed by atoms with Crippen molar-refractivity contribution in [2.24, 2.45) is 23.5 Å². The minimum atomic E-state index is -0.709. The summed E-state index contributed by atoms with van der Waals surface area (Å²) < 4.78 is 4.93. The summed E-state index contributed by atoms with van der Waals surface area (Å²) in [5.41, 5.74) is 6.06. The number of esters is 1. The summed E-state index contributed by atoms with van der Waals surface area (Å²) in [6, 6.07) is -0.326. The van der Waals surface area contributed by atoms with E-state index in [-0.39, 0.29) is 11.8 Å². The Morgan fingerprint density at radius 2 is 2.25 bits per heavy atom. The van der Waals surface area contributed by atoms with Crippen LogP contribution in [-0.2, 0) is 14.3 Å². The predicted molar refractivity (Wildman–Crippen MR) is 58.6 cm³/mol. The Balaban J connectivity index is 2.12. The summed E-state index contributed by atoms with van der Waals surface area (Å²) in [5, 5.41) is 0. The van der Waals surface area contributed by atoms with E-state index in [0.29, 0.717) is 24.9 Å². The third kappa shape index (κ3) is 1.86. The van der Waals surface area contributed by atoms with E-state index < -0.39 is 11.9 Å². The maximum absolute atomic E-state index is 11.9. The van der Waals surface area contributed by atoms with Crippen molar-refractivity contribution in [1.29, 1.82) is 0 Å².